The smallest absolute Gasteiger partial charge is 0.264 e. The Morgan fingerprint density at radius 3 is 2.44 bits per heavy atom. The van der Waals surface area contributed by atoms with Crippen molar-refractivity contribution in [2.75, 3.05) is 0 Å². The topological polar surface area (TPSA) is 51.1 Å². The fraction of sp³-hybridized carbons (Fsp3) is 0.429. The van der Waals surface area contributed by atoms with E-state index in [1.54, 1.807) is 19.1 Å². The number of nitrogens with zero attached hydrogens (tertiary/aromatic N) is 1. The van der Waals surface area contributed by atoms with Crippen molar-refractivity contribution in [2.45, 2.75) is 58.0 Å². The van der Waals surface area contributed by atoms with Crippen LogP contribution in [-0.2, 0) is 6.54 Å². The Bertz CT molecular complexity index is 869. The largest absolute Gasteiger partial charge is 0.349 e. The van der Waals surface area contributed by atoms with Crippen molar-refractivity contribution in [1.82, 2.24) is 9.88 Å². The van der Waals surface area contributed by atoms with Crippen LogP contribution >= 0.6 is 11.6 Å². The summed E-state index contributed by atoms with van der Waals surface area (Å²) in [5.41, 5.74) is 1.01. The number of carbonyl (C=O) groups excluding carboxylic acids is 1. The maximum Gasteiger partial charge on any atom is 0.264 e. The SMILES string of the molecule is Cc1c(Cl)cc(C(=O)NC2CCCCCC2)c(=O)n1Cc1ccc(F)cc1. The van der Waals surface area contributed by atoms with Gasteiger partial charge in [0.2, 0.25) is 0 Å². The first-order valence-corrected chi connectivity index (χ1v) is 9.79. The van der Waals surface area contributed by atoms with Crippen molar-refractivity contribution in [3.05, 3.63) is 68.3 Å². The minimum absolute atomic E-state index is 0.0527. The Balaban J connectivity index is 1.87. The maximum atomic E-state index is 13.1. The number of pyridine rings is 1. The van der Waals surface area contributed by atoms with E-state index >= 15 is 0 Å². The molecule has 27 heavy (non-hydrogen) atoms. The van der Waals surface area contributed by atoms with Gasteiger partial charge in [-0.1, -0.05) is 49.4 Å². The van der Waals surface area contributed by atoms with Crippen molar-refractivity contribution in [3.63, 3.8) is 0 Å². The van der Waals surface area contributed by atoms with Crippen LogP contribution in [0.4, 0.5) is 4.39 Å². The highest BCUT2D eigenvalue weighted by Crippen LogP contribution is 2.19. The Morgan fingerprint density at radius 2 is 1.81 bits per heavy atom. The third-order valence-electron chi connectivity index (χ3n) is 5.19. The molecule has 0 aliphatic heterocycles. The van der Waals surface area contributed by atoms with Crippen molar-refractivity contribution < 1.29 is 9.18 Å². The normalized spacial score (nSPS) is 15.4. The average Bonchev–Trinajstić information content (AvgIpc) is 2.92. The van der Waals surface area contributed by atoms with Gasteiger partial charge in [0.05, 0.1) is 11.6 Å². The Kier molecular flexibility index (Phi) is 6.32. The fourth-order valence-electron chi connectivity index (χ4n) is 3.53. The number of aromatic nitrogens is 1. The summed E-state index contributed by atoms with van der Waals surface area (Å²) in [5.74, 6) is -0.709. The van der Waals surface area contributed by atoms with E-state index in [4.69, 9.17) is 11.6 Å². The van der Waals surface area contributed by atoms with Crippen molar-refractivity contribution in [3.8, 4) is 0 Å². The van der Waals surface area contributed by atoms with Crippen molar-refractivity contribution >= 4 is 17.5 Å². The summed E-state index contributed by atoms with van der Waals surface area (Å²) in [4.78, 5) is 25.7. The predicted molar refractivity (Wildman–Crippen MR) is 105 cm³/mol. The van der Waals surface area contributed by atoms with Crippen LogP contribution in [0.5, 0.6) is 0 Å². The van der Waals surface area contributed by atoms with Crippen molar-refractivity contribution in [1.29, 1.82) is 0 Å². The van der Waals surface area contributed by atoms with Gasteiger partial charge in [0.15, 0.2) is 0 Å². The molecule has 1 N–H and O–H groups in total. The lowest BCUT2D eigenvalue weighted by atomic mass is 10.1. The monoisotopic (exact) mass is 390 g/mol. The van der Waals surface area contributed by atoms with Gasteiger partial charge in [-0.05, 0) is 43.5 Å². The molecule has 1 amide bonds. The van der Waals surface area contributed by atoms with Gasteiger partial charge < -0.3 is 9.88 Å². The number of benzene rings is 1. The van der Waals surface area contributed by atoms with E-state index in [-0.39, 0.29) is 35.4 Å². The number of carbonyl (C=O) groups is 1. The lowest BCUT2D eigenvalue weighted by Gasteiger charge is -2.18. The standard InChI is InChI=1S/C21H24ClFN2O2/c1-14-19(22)12-18(20(26)24-17-6-4-2-3-5-7-17)21(27)25(14)13-15-8-10-16(23)11-9-15/h8-12,17H,2-7,13H2,1H3,(H,24,26). The second kappa shape index (κ2) is 8.70. The summed E-state index contributed by atoms with van der Waals surface area (Å²) in [5, 5.41) is 3.36. The third kappa shape index (κ3) is 4.78. The van der Waals surface area contributed by atoms with Gasteiger partial charge >= 0.3 is 0 Å². The number of rotatable bonds is 4. The highest BCUT2D eigenvalue weighted by molar-refractivity contribution is 6.31. The van der Waals surface area contributed by atoms with Crippen LogP contribution in [0, 0.1) is 12.7 Å². The molecular formula is C21H24ClFN2O2. The van der Waals surface area contributed by atoms with Crippen LogP contribution in [0.2, 0.25) is 5.02 Å². The summed E-state index contributed by atoms with van der Waals surface area (Å²) in [7, 11) is 0. The van der Waals surface area contributed by atoms with Gasteiger partial charge in [0.25, 0.3) is 11.5 Å². The zero-order valence-corrected chi connectivity index (χ0v) is 16.2. The highest BCUT2D eigenvalue weighted by Gasteiger charge is 2.20. The molecule has 0 bridgehead atoms. The molecule has 1 fully saturated rings. The van der Waals surface area contributed by atoms with Gasteiger partial charge in [0, 0.05) is 11.7 Å². The molecule has 3 rings (SSSR count). The molecule has 1 aliphatic carbocycles. The number of hydrogen-bond acceptors (Lipinski definition) is 2. The van der Waals surface area contributed by atoms with E-state index in [1.807, 2.05) is 0 Å². The molecule has 1 aromatic carbocycles. The fourth-order valence-corrected chi connectivity index (χ4v) is 3.74. The van der Waals surface area contributed by atoms with Gasteiger partial charge in [0.1, 0.15) is 11.4 Å². The molecule has 2 aromatic rings. The molecule has 0 unspecified atom stereocenters. The Hall–Kier alpha value is -2.14. The molecule has 0 saturated heterocycles. The van der Waals surface area contributed by atoms with E-state index in [0.29, 0.717) is 10.7 Å². The van der Waals surface area contributed by atoms with E-state index in [1.165, 1.54) is 35.6 Å². The van der Waals surface area contributed by atoms with Crippen LogP contribution in [0.15, 0.2) is 35.1 Å². The molecule has 1 aromatic heterocycles. The summed E-state index contributed by atoms with van der Waals surface area (Å²) in [6, 6.07) is 7.48. The molecular weight excluding hydrogens is 367 g/mol. The lowest BCUT2D eigenvalue weighted by molar-refractivity contribution is 0.0931. The van der Waals surface area contributed by atoms with Crippen molar-refractivity contribution in [2.24, 2.45) is 0 Å². The van der Waals surface area contributed by atoms with Gasteiger partial charge in [-0.15, -0.1) is 0 Å². The number of halogens is 2. The summed E-state index contributed by atoms with van der Waals surface area (Å²) >= 11 is 6.30. The zero-order chi connectivity index (χ0) is 19.4. The Labute approximate surface area is 163 Å². The predicted octanol–water partition coefficient (Wildman–Crippen LogP) is 4.45. The van der Waals surface area contributed by atoms with Crippen LogP contribution in [0.3, 0.4) is 0 Å². The summed E-state index contributed by atoms with van der Waals surface area (Å²) in [6.07, 6.45) is 6.44. The lowest BCUT2D eigenvalue weighted by Crippen LogP contribution is -2.39. The molecule has 1 saturated carbocycles. The first-order valence-electron chi connectivity index (χ1n) is 9.41. The summed E-state index contributed by atoms with van der Waals surface area (Å²) < 4.78 is 14.6. The average molecular weight is 391 g/mol. The summed E-state index contributed by atoms with van der Waals surface area (Å²) in [6.45, 7) is 1.97. The highest BCUT2D eigenvalue weighted by atomic mass is 35.5. The minimum Gasteiger partial charge on any atom is -0.349 e. The van der Waals surface area contributed by atoms with Gasteiger partial charge in [-0.25, -0.2) is 4.39 Å². The number of amides is 1. The molecule has 0 radical (unpaired) electrons. The van der Waals surface area contributed by atoms with E-state index in [9.17, 15) is 14.0 Å². The second-order valence-corrected chi connectivity index (χ2v) is 7.58. The molecule has 4 nitrogen and oxygen atoms in total. The molecule has 0 atom stereocenters. The maximum absolute atomic E-state index is 13.1. The number of hydrogen-bond donors (Lipinski definition) is 1. The van der Waals surface area contributed by atoms with E-state index in [0.717, 1.165) is 31.2 Å². The Morgan fingerprint density at radius 1 is 1.19 bits per heavy atom. The van der Waals surface area contributed by atoms with Crippen LogP contribution in [0.1, 0.15) is 60.1 Å². The first kappa shape index (κ1) is 19.6. The quantitative estimate of drug-likeness (QED) is 0.784. The molecule has 0 spiro atoms. The third-order valence-corrected chi connectivity index (χ3v) is 5.57. The molecule has 144 valence electrons. The first-order chi connectivity index (χ1) is 13.0. The van der Waals surface area contributed by atoms with Crippen LogP contribution in [0.25, 0.3) is 0 Å². The van der Waals surface area contributed by atoms with Crippen LogP contribution < -0.4 is 10.9 Å². The molecule has 6 heteroatoms. The van der Waals surface area contributed by atoms with Gasteiger partial charge in [-0.2, -0.15) is 0 Å². The molecule has 1 aliphatic rings. The number of nitrogens with one attached hydrogen (secondary N) is 1. The van der Waals surface area contributed by atoms with Crippen LogP contribution in [-0.4, -0.2) is 16.5 Å². The molecule has 1 heterocycles. The second-order valence-electron chi connectivity index (χ2n) is 7.17. The minimum atomic E-state index is -0.382. The van der Waals surface area contributed by atoms with E-state index < -0.39 is 0 Å². The zero-order valence-electron chi connectivity index (χ0n) is 15.4. The van der Waals surface area contributed by atoms with E-state index in [2.05, 4.69) is 5.32 Å². The van der Waals surface area contributed by atoms with Gasteiger partial charge in [-0.3, -0.25) is 9.59 Å².